The van der Waals surface area contributed by atoms with Gasteiger partial charge in [0.15, 0.2) is 5.82 Å². The number of methoxy groups -OCH3 is 1. The molecule has 9 nitrogen and oxygen atoms in total. The third kappa shape index (κ3) is 3.58. The van der Waals surface area contributed by atoms with Crippen LogP contribution >= 0.6 is 0 Å². The molecule has 11 heteroatoms. The number of hydrogen-bond acceptors (Lipinski definition) is 7. The van der Waals surface area contributed by atoms with Crippen LogP contribution in [0.3, 0.4) is 0 Å². The maximum atomic E-state index is 14.8. The minimum Gasteiger partial charge on any atom is -0.480 e. The zero-order chi connectivity index (χ0) is 22.3. The van der Waals surface area contributed by atoms with Gasteiger partial charge in [0.2, 0.25) is 5.88 Å². The summed E-state index contributed by atoms with van der Waals surface area (Å²) in [5.41, 5.74) is 5.63. The Morgan fingerprint density at radius 1 is 1.29 bits per heavy atom. The maximum Gasteiger partial charge on any atom is 0.275 e. The molecule has 0 radical (unpaired) electrons. The van der Waals surface area contributed by atoms with Gasteiger partial charge in [0.1, 0.15) is 28.6 Å². The van der Waals surface area contributed by atoms with E-state index in [2.05, 4.69) is 25.4 Å². The number of amidine groups is 1. The third-order valence-corrected chi connectivity index (χ3v) is 5.00. The number of rotatable bonds is 4. The summed E-state index contributed by atoms with van der Waals surface area (Å²) < 4.78 is 35.3. The highest BCUT2D eigenvalue weighted by Gasteiger charge is 2.37. The summed E-state index contributed by atoms with van der Waals surface area (Å²) in [6.45, 7) is 3.26. The summed E-state index contributed by atoms with van der Waals surface area (Å²) in [6.07, 6.45) is 2.58. The van der Waals surface area contributed by atoms with Crippen LogP contribution in [0.5, 0.6) is 5.88 Å². The Hall–Kier alpha value is -3.89. The predicted molar refractivity (Wildman–Crippen MR) is 108 cm³/mol. The molecule has 0 fully saturated rings. The number of anilines is 1. The second-order valence-electron chi connectivity index (χ2n) is 7.27. The molecule has 0 spiro atoms. The lowest BCUT2D eigenvalue weighted by atomic mass is 9.90. The number of nitrogens with zero attached hydrogens (tertiary/aromatic N) is 5. The highest BCUT2D eigenvalue weighted by Crippen LogP contribution is 2.35. The quantitative estimate of drug-likeness (QED) is 0.658. The van der Waals surface area contributed by atoms with Crippen molar-refractivity contribution in [3.63, 3.8) is 0 Å². The molecule has 3 N–H and O–H groups in total. The molecule has 1 amide bonds. The van der Waals surface area contributed by atoms with E-state index in [1.165, 1.54) is 49.3 Å². The van der Waals surface area contributed by atoms with Crippen molar-refractivity contribution in [3.05, 3.63) is 64.9 Å². The van der Waals surface area contributed by atoms with Crippen molar-refractivity contribution < 1.29 is 18.3 Å². The molecule has 160 valence electrons. The average molecular weight is 427 g/mol. The van der Waals surface area contributed by atoms with Gasteiger partial charge < -0.3 is 15.8 Å². The maximum absolute atomic E-state index is 14.8. The Bertz CT molecular complexity index is 1210. The van der Waals surface area contributed by atoms with Crippen molar-refractivity contribution in [2.45, 2.75) is 25.9 Å². The molecule has 0 saturated carbocycles. The van der Waals surface area contributed by atoms with E-state index in [1.807, 2.05) is 0 Å². The summed E-state index contributed by atoms with van der Waals surface area (Å²) in [7, 11) is 1.44. The number of halogens is 2. The molecule has 1 aliphatic heterocycles. The van der Waals surface area contributed by atoms with E-state index in [0.29, 0.717) is 5.69 Å². The Kier molecular flexibility index (Phi) is 4.88. The molecular formula is C20H19F2N7O2. The molecule has 3 heterocycles. The van der Waals surface area contributed by atoms with Crippen LogP contribution in [-0.4, -0.2) is 38.6 Å². The van der Waals surface area contributed by atoms with Crippen molar-refractivity contribution in [3.8, 4) is 5.88 Å². The molecule has 2 aromatic heterocycles. The molecule has 0 bridgehead atoms. The van der Waals surface area contributed by atoms with Gasteiger partial charge in [0, 0.05) is 11.3 Å². The minimum absolute atomic E-state index is 0.0601. The first-order chi connectivity index (χ1) is 14.7. The van der Waals surface area contributed by atoms with Gasteiger partial charge in [-0.05, 0) is 32.0 Å². The van der Waals surface area contributed by atoms with E-state index in [0.717, 1.165) is 0 Å². The van der Waals surface area contributed by atoms with E-state index in [1.54, 1.807) is 6.92 Å². The second-order valence-corrected chi connectivity index (χ2v) is 7.27. The number of aromatic nitrogens is 4. The van der Waals surface area contributed by atoms with Gasteiger partial charge in [-0.3, -0.25) is 14.5 Å². The molecule has 31 heavy (non-hydrogen) atoms. The molecule has 1 atom stereocenters. The van der Waals surface area contributed by atoms with Crippen molar-refractivity contribution in [2.24, 2.45) is 10.7 Å². The van der Waals surface area contributed by atoms with E-state index >= 15 is 0 Å². The summed E-state index contributed by atoms with van der Waals surface area (Å²) in [4.78, 5) is 24.7. The number of hydrogen-bond donors (Lipinski definition) is 2. The lowest BCUT2D eigenvalue weighted by Gasteiger charge is -2.31. The Morgan fingerprint density at radius 3 is 2.74 bits per heavy atom. The number of benzene rings is 1. The highest BCUT2D eigenvalue weighted by molar-refractivity contribution is 6.02. The molecular weight excluding hydrogens is 408 g/mol. The number of amides is 1. The summed E-state index contributed by atoms with van der Waals surface area (Å²) in [5, 5.41) is 6.79. The van der Waals surface area contributed by atoms with E-state index in [9.17, 15) is 13.6 Å². The van der Waals surface area contributed by atoms with Gasteiger partial charge in [-0.2, -0.15) is 5.10 Å². The Morgan fingerprint density at radius 2 is 2.06 bits per heavy atom. The van der Waals surface area contributed by atoms with Gasteiger partial charge >= 0.3 is 0 Å². The van der Waals surface area contributed by atoms with Crippen LogP contribution in [0.25, 0.3) is 0 Å². The molecule has 1 aromatic carbocycles. The van der Waals surface area contributed by atoms with Gasteiger partial charge in [-0.25, -0.2) is 18.7 Å². The van der Waals surface area contributed by atoms with E-state index in [-0.39, 0.29) is 40.9 Å². The van der Waals surface area contributed by atoms with Crippen LogP contribution in [-0.2, 0) is 12.1 Å². The summed E-state index contributed by atoms with van der Waals surface area (Å²) in [5.74, 6) is -1.43. The van der Waals surface area contributed by atoms with Crippen molar-refractivity contribution in [1.29, 1.82) is 0 Å². The summed E-state index contributed by atoms with van der Waals surface area (Å²) >= 11 is 0. The molecule has 1 aliphatic rings. The van der Waals surface area contributed by atoms with Crippen LogP contribution in [0, 0.1) is 18.6 Å². The zero-order valence-electron chi connectivity index (χ0n) is 17.0. The van der Waals surface area contributed by atoms with Gasteiger partial charge in [0.25, 0.3) is 5.91 Å². The van der Waals surface area contributed by atoms with Crippen molar-refractivity contribution in [2.75, 3.05) is 12.4 Å². The first-order valence-corrected chi connectivity index (χ1v) is 9.28. The first kappa shape index (κ1) is 20.4. The van der Waals surface area contributed by atoms with Gasteiger partial charge in [-0.15, -0.1) is 0 Å². The van der Waals surface area contributed by atoms with Crippen LogP contribution in [0.1, 0.15) is 34.4 Å². The fourth-order valence-corrected chi connectivity index (χ4v) is 3.46. The highest BCUT2D eigenvalue weighted by atomic mass is 19.1. The zero-order valence-corrected chi connectivity index (χ0v) is 17.0. The molecule has 1 unspecified atom stereocenters. The number of nitrogens with two attached hydrogens (primary N) is 1. The number of aliphatic imine (C=N–C) groups is 1. The largest absolute Gasteiger partial charge is 0.480 e. The van der Waals surface area contributed by atoms with Crippen LogP contribution in [0.2, 0.25) is 0 Å². The standard InChI is InChI=1S/C20H19F2N7O2/c1-10-16(22)17-18(23)27-20(2,9-29(17)28-10)12-6-11(4-5-13(12)21)26-19(30)14-7-25-15(31-3)8-24-14/h4-8H,9H2,1-3H3,(H2,23,27)(H,26,30). The molecule has 0 aliphatic carbocycles. The monoisotopic (exact) mass is 427 g/mol. The number of aryl methyl sites for hydroxylation is 1. The molecule has 3 aromatic rings. The van der Waals surface area contributed by atoms with Gasteiger partial charge in [0.05, 0.1) is 31.7 Å². The third-order valence-electron chi connectivity index (χ3n) is 5.00. The second kappa shape index (κ2) is 7.42. The van der Waals surface area contributed by atoms with Crippen molar-refractivity contribution >= 4 is 17.4 Å². The fraction of sp³-hybridized carbons (Fsp3) is 0.250. The van der Waals surface area contributed by atoms with Crippen LogP contribution in [0.15, 0.2) is 35.6 Å². The first-order valence-electron chi connectivity index (χ1n) is 9.28. The number of fused-ring (bicyclic) bond motifs is 1. The topological polar surface area (TPSA) is 120 Å². The van der Waals surface area contributed by atoms with Gasteiger partial charge in [-0.1, -0.05) is 0 Å². The van der Waals surface area contributed by atoms with E-state index in [4.69, 9.17) is 10.5 Å². The fourth-order valence-electron chi connectivity index (χ4n) is 3.46. The Labute approximate surface area is 176 Å². The van der Waals surface area contributed by atoms with Crippen LogP contribution < -0.4 is 15.8 Å². The minimum atomic E-state index is -1.16. The van der Waals surface area contributed by atoms with E-state index < -0.39 is 23.1 Å². The Balaban J connectivity index is 1.65. The molecule has 4 rings (SSSR count). The molecule has 0 saturated heterocycles. The normalized spacial score (nSPS) is 17.6. The number of ether oxygens (including phenoxy) is 1. The lowest BCUT2D eigenvalue weighted by Crippen LogP contribution is -2.38. The smallest absolute Gasteiger partial charge is 0.275 e. The average Bonchev–Trinajstić information content (AvgIpc) is 3.02. The van der Waals surface area contributed by atoms with Crippen LogP contribution in [0.4, 0.5) is 14.5 Å². The summed E-state index contributed by atoms with van der Waals surface area (Å²) in [6, 6.07) is 4.08. The van der Waals surface area contributed by atoms with Crippen molar-refractivity contribution in [1.82, 2.24) is 19.7 Å². The lowest BCUT2D eigenvalue weighted by molar-refractivity contribution is 0.102. The number of nitrogens with one attached hydrogen (secondary N) is 1. The number of carbonyl (C=O) groups excluding carboxylic acids is 1. The predicted octanol–water partition coefficient (Wildman–Crippen LogP) is 2.15. The SMILES string of the molecule is COc1cnc(C(=O)Nc2ccc(F)c(C3(C)Cn4nc(C)c(F)c4C(N)=N3)c2)cn1. The number of carbonyl (C=O) groups is 1.